The van der Waals surface area contributed by atoms with Crippen LogP contribution in [0, 0.1) is 0 Å². The largest absolute Gasteiger partial charge is 0.461 e. The number of halogens is 1. The highest BCUT2D eigenvalue weighted by molar-refractivity contribution is 6.31. The second-order valence-electron chi connectivity index (χ2n) is 5.43. The van der Waals surface area contributed by atoms with Crippen molar-refractivity contribution in [2.75, 3.05) is 6.61 Å². The molecule has 0 bridgehead atoms. The first-order valence-corrected chi connectivity index (χ1v) is 8.38. The Labute approximate surface area is 154 Å². The van der Waals surface area contributed by atoms with E-state index in [1.165, 1.54) is 12.4 Å². The zero-order valence-corrected chi connectivity index (χ0v) is 14.8. The molecule has 0 saturated carbocycles. The first-order chi connectivity index (χ1) is 12.6. The third kappa shape index (κ3) is 3.84. The van der Waals surface area contributed by atoms with Gasteiger partial charge in [0.1, 0.15) is 5.69 Å². The maximum absolute atomic E-state index is 12.2. The van der Waals surface area contributed by atoms with Crippen LogP contribution in [0.5, 0.6) is 0 Å². The second-order valence-corrected chi connectivity index (χ2v) is 5.87. The van der Waals surface area contributed by atoms with Gasteiger partial charge in [-0.1, -0.05) is 11.6 Å². The van der Waals surface area contributed by atoms with Gasteiger partial charge >= 0.3 is 5.97 Å². The molecule has 0 atom stereocenters. The number of hydrogen-bond acceptors (Lipinski definition) is 5. The number of fused-ring (bicyclic) bond motifs is 1. The molecule has 26 heavy (non-hydrogen) atoms. The molecule has 8 heteroatoms. The van der Waals surface area contributed by atoms with Crippen LogP contribution in [-0.4, -0.2) is 28.5 Å². The molecule has 0 spiro atoms. The van der Waals surface area contributed by atoms with Crippen LogP contribution in [0.4, 0.5) is 0 Å². The summed E-state index contributed by atoms with van der Waals surface area (Å²) in [6.07, 6.45) is 3.07. The minimum Gasteiger partial charge on any atom is -0.461 e. The molecule has 3 rings (SSSR count). The Hall–Kier alpha value is -2.90. The van der Waals surface area contributed by atoms with Crippen molar-refractivity contribution in [3.8, 4) is 0 Å². The summed E-state index contributed by atoms with van der Waals surface area (Å²) in [5, 5.41) is 1.33. The van der Waals surface area contributed by atoms with Gasteiger partial charge in [0.25, 0.3) is 5.91 Å². The van der Waals surface area contributed by atoms with Gasteiger partial charge in [0.15, 0.2) is 0 Å². The van der Waals surface area contributed by atoms with Crippen molar-refractivity contribution in [3.05, 3.63) is 64.6 Å². The van der Waals surface area contributed by atoms with Gasteiger partial charge in [-0.15, -0.1) is 0 Å². The molecular weight excluding hydrogens is 356 g/mol. The molecule has 2 heterocycles. The molecule has 0 aliphatic heterocycles. The van der Waals surface area contributed by atoms with Gasteiger partial charge in [-0.05, 0) is 37.3 Å². The van der Waals surface area contributed by atoms with E-state index in [4.69, 9.17) is 16.3 Å². The number of carbonyl (C=O) groups excluding carboxylic acids is 2. The maximum Gasteiger partial charge on any atom is 0.355 e. The van der Waals surface area contributed by atoms with Gasteiger partial charge < -0.3 is 9.72 Å². The standard InChI is InChI=1S/C18H17ClN4O3/c1-2-26-18(25)16-14(13-9-12(19)3-4-15(13)22-16)10-21-23-17(24)11-5-7-20-8-6-11/h3-9,21-22H,2,10H2,1H3,(H,23,24). The Balaban J connectivity index is 1.81. The van der Waals surface area contributed by atoms with E-state index in [0.717, 1.165) is 10.9 Å². The van der Waals surface area contributed by atoms with Crippen molar-refractivity contribution in [1.82, 2.24) is 20.8 Å². The lowest BCUT2D eigenvalue weighted by Crippen LogP contribution is -2.37. The van der Waals surface area contributed by atoms with Crippen molar-refractivity contribution in [2.45, 2.75) is 13.5 Å². The number of esters is 1. The minimum atomic E-state index is -0.461. The summed E-state index contributed by atoms with van der Waals surface area (Å²) in [6, 6.07) is 8.49. The fourth-order valence-corrected chi connectivity index (χ4v) is 2.74. The predicted octanol–water partition coefficient (Wildman–Crippen LogP) is 2.83. The van der Waals surface area contributed by atoms with Crippen LogP contribution in [0.15, 0.2) is 42.7 Å². The summed E-state index contributed by atoms with van der Waals surface area (Å²) in [6.45, 7) is 2.22. The van der Waals surface area contributed by atoms with Gasteiger partial charge in [-0.25, -0.2) is 10.2 Å². The van der Waals surface area contributed by atoms with E-state index in [0.29, 0.717) is 21.8 Å². The van der Waals surface area contributed by atoms with Crippen molar-refractivity contribution in [2.24, 2.45) is 0 Å². The Morgan fingerprint density at radius 3 is 2.73 bits per heavy atom. The van der Waals surface area contributed by atoms with E-state index < -0.39 is 5.97 Å². The molecule has 3 N–H and O–H groups in total. The quantitative estimate of drug-likeness (QED) is 0.456. The number of carbonyl (C=O) groups is 2. The zero-order valence-electron chi connectivity index (χ0n) is 14.0. The fourth-order valence-electron chi connectivity index (χ4n) is 2.57. The number of aromatic amines is 1. The van der Waals surface area contributed by atoms with Gasteiger partial charge in [0.05, 0.1) is 6.61 Å². The lowest BCUT2D eigenvalue weighted by Gasteiger charge is -2.08. The zero-order chi connectivity index (χ0) is 18.5. The fraction of sp³-hybridized carbons (Fsp3) is 0.167. The average molecular weight is 373 g/mol. The molecule has 0 aliphatic rings. The summed E-state index contributed by atoms with van der Waals surface area (Å²) in [5.74, 6) is -0.764. The summed E-state index contributed by atoms with van der Waals surface area (Å²) >= 11 is 6.08. The van der Waals surface area contributed by atoms with E-state index in [1.54, 1.807) is 37.3 Å². The van der Waals surface area contributed by atoms with E-state index in [9.17, 15) is 9.59 Å². The molecular formula is C18H17ClN4O3. The summed E-state index contributed by atoms with van der Waals surface area (Å²) in [7, 11) is 0. The number of hydrazine groups is 1. The molecule has 0 saturated heterocycles. The van der Waals surface area contributed by atoms with E-state index in [2.05, 4.69) is 20.8 Å². The summed E-state index contributed by atoms with van der Waals surface area (Å²) in [5.41, 5.74) is 7.67. The number of aromatic nitrogens is 2. The number of pyridine rings is 1. The van der Waals surface area contributed by atoms with Crippen molar-refractivity contribution < 1.29 is 14.3 Å². The molecule has 0 aliphatic carbocycles. The summed E-state index contributed by atoms with van der Waals surface area (Å²) in [4.78, 5) is 31.2. The first kappa shape index (κ1) is 17.9. The first-order valence-electron chi connectivity index (χ1n) is 8.00. The van der Waals surface area contributed by atoms with Crippen LogP contribution < -0.4 is 10.9 Å². The maximum atomic E-state index is 12.2. The third-order valence-electron chi connectivity index (χ3n) is 3.76. The van der Waals surface area contributed by atoms with E-state index in [-0.39, 0.29) is 19.1 Å². The lowest BCUT2D eigenvalue weighted by molar-refractivity contribution is 0.0519. The normalized spacial score (nSPS) is 10.7. The number of nitrogens with one attached hydrogen (secondary N) is 3. The highest BCUT2D eigenvalue weighted by Crippen LogP contribution is 2.26. The average Bonchev–Trinajstić information content (AvgIpc) is 3.00. The number of amides is 1. The van der Waals surface area contributed by atoms with Gasteiger partial charge in [-0.3, -0.25) is 15.2 Å². The smallest absolute Gasteiger partial charge is 0.355 e. The number of hydrogen-bond donors (Lipinski definition) is 3. The van der Waals surface area contributed by atoms with Crippen LogP contribution in [0.25, 0.3) is 10.9 Å². The van der Waals surface area contributed by atoms with Crippen LogP contribution >= 0.6 is 11.6 Å². The number of benzene rings is 1. The molecule has 2 aromatic heterocycles. The van der Waals surface area contributed by atoms with Crippen LogP contribution in [0.3, 0.4) is 0 Å². The molecule has 3 aromatic rings. The number of ether oxygens (including phenoxy) is 1. The molecule has 0 radical (unpaired) electrons. The van der Waals surface area contributed by atoms with Crippen molar-refractivity contribution >= 4 is 34.4 Å². The van der Waals surface area contributed by atoms with Crippen LogP contribution in [0.1, 0.15) is 33.3 Å². The van der Waals surface area contributed by atoms with Gasteiger partial charge in [0, 0.05) is 46.0 Å². The number of rotatable bonds is 6. The topological polar surface area (TPSA) is 96.1 Å². The minimum absolute atomic E-state index is 0.214. The monoisotopic (exact) mass is 372 g/mol. The van der Waals surface area contributed by atoms with Crippen LogP contribution in [-0.2, 0) is 11.3 Å². The lowest BCUT2D eigenvalue weighted by atomic mass is 10.1. The molecule has 1 amide bonds. The molecule has 7 nitrogen and oxygen atoms in total. The van der Waals surface area contributed by atoms with E-state index >= 15 is 0 Å². The van der Waals surface area contributed by atoms with E-state index in [1.807, 2.05) is 0 Å². The molecule has 134 valence electrons. The van der Waals surface area contributed by atoms with Gasteiger partial charge in [0.2, 0.25) is 0 Å². The predicted molar refractivity (Wildman–Crippen MR) is 97.8 cm³/mol. The molecule has 1 aromatic carbocycles. The summed E-state index contributed by atoms with van der Waals surface area (Å²) < 4.78 is 5.10. The second kappa shape index (κ2) is 7.99. The Morgan fingerprint density at radius 1 is 1.23 bits per heavy atom. The number of nitrogens with zero attached hydrogens (tertiary/aromatic N) is 1. The van der Waals surface area contributed by atoms with Crippen molar-refractivity contribution in [3.63, 3.8) is 0 Å². The third-order valence-corrected chi connectivity index (χ3v) is 3.99. The Kier molecular flexibility index (Phi) is 5.50. The molecule has 0 unspecified atom stereocenters. The highest BCUT2D eigenvalue weighted by atomic mass is 35.5. The molecule has 0 fully saturated rings. The van der Waals surface area contributed by atoms with Crippen molar-refractivity contribution in [1.29, 1.82) is 0 Å². The Bertz CT molecular complexity index is 940. The SMILES string of the molecule is CCOC(=O)c1[nH]c2ccc(Cl)cc2c1CNNC(=O)c1ccncc1. The number of H-pyrrole nitrogens is 1. The Morgan fingerprint density at radius 2 is 2.00 bits per heavy atom. The van der Waals surface area contributed by atoms with Gasteiger partial charge in [-0.2, -0.15) is 0 Å². The highest BCUT2D eigenvalue weighted by Gasteiger charge is 2.19. The van der Waals surface area contributed by atoms with Crippen LogP contribution in [0.2, 0.25) is 5.02 Å².